The predicted molar refractivity (Wildman–Crippen MR) is 247 cm³/mol. The summed E-state index contributed by atoms with van der Waals surface area (Å²) in [5, 5.41) is 6.04. The molecule has 2 atom stereocenters. The number of furan rings is 1. The molecule has 0 radical (unpaired) electrons. The maximum Gasteiger partial charge on any atom is 0.270 e. The van der Waals surface area contributed by atoms with Gasteiger partial charge in [-0.15, -0.1) is 4.31 Å². The lowest BCUT2D eigenvalue weighted by molar-refractivity contribution is 0.0945. The van der Waals surface area contributed by atoms with E-state index in [0.29, 0.717) is 36.6 Å². The van der Waals surface area contributed by atoms with Gasteiger partial charge in [-0.25, -0.2) is 9.37 Å². The average molecular weight is 850 g/mol. The van der Waals surface area contributed by atoms with E-state index in [1.807, 2.05) is 93.6 Å². The topological polar surface area (TPSA) is 90.7 Å². The van der Waals surface area contributed by atoms with Crippen molar-refractivity contribution in [1.29, 1.82) is 0 Å². The SMILES string of the molecule is CC(C)(C)[S+]([O-])N1Cc2cc(C(=O)NCc3ccccc3F)nc(-c3cccc(-c4cc5ccccc5o4)c3)c2C1CCO[Si](c1ccccc1)(c1ccccc1)C(C)(C)C. The molecule has 0 aliphatic carbocycles. The Morgan fingerprint density at radius 2 is 1.48 bits per heavy atom. The Kier molecular flexibility index (Phi) is 11.9. The number of rotatable bonds is 12. The number of carbonyl (C=O) groups excluding carboxylic acids is 1. The number of benzene rings is 5. The molecule has 0 spiro atoms. The smallest absolute Gasteiger partial charge is 0.270 e. The van der Waals surface area contributed by atoms with Gasteiger partial charge in [0.25, 0.3) is 14.2 Å². The van der Waals surface area contributed by atoms with Crippen LogP contribution in [0.1, 0.15) is 81.2 Å². The van der Waals surface area contributed by atoms with E-state index in [1.165, 1.54) is 16.4 Å². The third kappa shape index (κ3) is 8.48. The third-order valence-electron chi connectivity index (χ3n) is 11.5. The molecule has 0 fully saturated rings. The first-order valence-corrected chi connectivity index (χ1v) is 23.8. The van der Waals surface area contributed by atoms with Crippen molar-refractivity contribution in [3.63, 3.8) is 0 Å². The quantitative estimate of drug-likeness (QED) is 0.0973. The van der Waals surface area contributed by atoms with Crippen LogP contribution in [0.25, 0.3) is 33.6 Å². The van der Waals surface area contributed by atoms with Crippen molar-refractivity contribution >= 4 is 46.9 Å². The molecule has 2 aromatic heterocycles. The largest absolute Gasteiger partial charge is 0.597 e. The van der Waals surface area contributed by atoms with E-state index in [1.54, 1.807) is 18.2 Å². The normalized spacial score (nSPS) is 15.2. The minimum Gasteiger partial charge on any atom is -0.597 e. The van der Waals surface area contributed by atoms with E-state index in [9.17, 15) is 13.7 Å². The minimum absolute atomic E-state index is 0.00349. The number of halogens is 1. The van der Waals surface area contributed by atoms with Crippen LogP contribution < -0.4 is 15.7 Å². The highest BCUT2D eigenvalue weighted by Gasteiger charge is 2.51. The third-order valence-corrected chi connectivity index (χ3v) is 18.4. The summed E-state index contributed by atoms with van der Waals surface area (Å²) in [6.45, 7) is 13.5. The summed E-state index contributed by atoms with van der Waals surface area (Å²) >= 11 is -1.43. The zero-order chi connectivity index (χ0) is 42.9. The molecule has 2 unspecified atom stereocenters. The molecule has 3 heterocycles. The minimum atomic E-state index is -2.90. The lowest BCUT2D eigenvalue weighted by Gasteiger charge is -2.43. The summed E-state index contributed by atoms with van der Waals surface area (Å²) in [5.41, 5.74) is 5.41. The monoisotopic (exact) mass is 849 g/mol. The second kappa shape index (κ2) is 17.2. The van der Waals surface area contributed by atoms with E-state index in [-0.39, 0.29) is 23.3 Å². The Balaban J connectivity index is 1.23. The fourth-order valence-corrected chi connectivity index (χ4v) is 14.6. The lowest BCUT2D eigenvalue weighted by Crippen LogP contribution is -2.66. The second-order valence-corrected chi connectivity index (χ2v) is 24.2. The van der Waals surface area contributed by atoms with Crippen LogP contribution in [0.5, 0.6) is 0 Å². The Bertz CT molecular complexity index is 2590. The van der Waals surface area contributed by atoms with Crippen LogP contribution in [0, 0.1) is 5.82 Å². The van der Waals surface area contributed by atoms with Crippen molar-refractivity contribution in [3.8, 4) is 22.6 Å². The van der Waals surface area contributed by atoms with Crippen LogP contribution in [0.2, 0.25) is 5.04 Å². The molecule has 8 rings (SSSR count). The summed E-state index contributed by atoms with van der Waals surface area (Å²) in [6.07, 6.45) is 0.524. The van der Waals surface area contributed by atoms with Crippen molar-refractivity contribution in [3.05, 3.63) is 174 Å². The van der Waals surface area contributed by atoms with Gasteiger partial charge in [-0.3, -0.25) is 4.79 Å². The number of hydrogen-bond acceptors (Lipinski definition) is 6. The highest BCUT2D eigenvalue weighted by atomic mass is 32.2. The Morgan fingerprint density at radius 1 is 0.836 bits per heavy atom. The number of para-hydroxylation sites is 1. The first kappa shape index (κ1) is 42.3. The number of carbonyl (C=O) groups is 1. The number of hydrogen-bond donors (Lipinski definition) is 1. The number of amides is 1. The van der Waals surface area contributed by atoms with E-state index >= 15 is 0 Å². The number of aromatic nitrogens is 1. The first-order valence-electron chi connectivity index (χ1n) is 20.8. The molecule has 61 heavy (non-hydrogen) atoms. The van der Waals surface area contributed by atoms with Crippen LogP contribution in [-0.2, 0) is 28.9 Å². The van der Waals surface area contributed by atoms with Crippen molar-refractivity contribution in [2.45, 2.75) is 76.9 Å². The molecule has 1 aliphatic rings. The molecule has 5 aromatic carbocycles. The van der Waals surface area contributed by atoms with Crippen LogP contribution in [0.4, 0.5) is 4.39 Å². The average Bonchev–Trinajstić information content (AvgIpc) is 3.86. The van der Waals surface area contributed by atoms with Gasteiger partial charge in [0.2, 0.25) is 0 Å². The van der Waals surface area contributed by atoms with Crippen LogP contribution >= 0.6 is 0 Å². The molecule has 1 amide bonds. The molecule has 1 N–H and O–H groups in total. The van der Waals surface area contributed by atoms with Gasteiger partial charge in [0.1, 0.15) is 27.6 Å². The number of fused-ring (bicyclic) bond motifs is 2. The van der Waals surface area contributed by atoms with Gasteiger partial charge in [0.05, 0.1) is 18.3 Å². The van der Waals surface area contributed by atoms with E-state index in [4.69, 9.17) is 13.8 Å². The Labute approximate surface area is 362 Å². The summed E-state index contributed by atoms with van der Waals surface area (Å²) in [4.78, 5) is 19.1. The van der Waals surface area contributed by atoms with Crippen molar-refractivity contribution < 1.29 is 22.6 Å². The van der Waals surface area contributed by atoms with Crippen molar-refractivity contribution in [2.75, 3.05) is 6.61 Å². The fourth-order valence-electron chi connectivity index (χ4n) is 8.62. The van der Waals surface area contributed by atoms with E-state index in [0.717, 1.165) is 33.2 Å². The molecule has 0 saturated carbocycles. The zero-order valence-electron chi connectivity index (χ0n) is 35.6. The van der Waals surface area contributed by atoms with E-state index in [2.05, 4.69) is 78.9 Å². The van der Waals surface area contributed by atoms with Crippen LogP contribution in [0.3, 0.4) is 0 Å². The molecule has 0 bridgehead atoms. The highest BCUT2D eigenvalue weighted by molar-refractivity contribution is 7.90. The summed E-state index contributed by atoms with van der Waals surface area (Å²) < 4.78 is 44.5. The second-order valence-electron chi connectivity index (χ2n) is 17.7. The lowest BCUT2D eigenvalue weighted by atomic mass is 9.95. The molecule has 0 saturated heterocycles. The van der Waals surface area contributed by atoms with Gasteiger partial charge in [0.15, 0.2) is 0 Å². The van der Waals surface area contributed by atoms with Crippen LogP contribution in [0.15, 0.2) is 150 Å². The van der Waals surface area contributed by atoms with Crippen molar-refractivity contribution in [1.82, 2.24) is 14.6 Å². The summed E-state index contributed by atoms with van der Waals surface area (Å²) in [6, 6.07) is 46.9. The maximum absolute atomic E-state index is 14.6. The summed E-state index contributed by atoms with van der Waals surface area (Å²) in [5.74, 6) is -0.108. The number of nitrogens with one attached hydrogen (secondary N) is 1. The molecule has 7 nitrogen and oxygen atoms in total. The molecule has 10 heteroatoms. The van der Waals surface area contributed by atoms with Crippen molar-refractivity contribution in [2.24, 2.45) is 0 Å². The van der Waals surface area contributed by atoms with Gasteiger partial charge >= 0.3 is 0 Å². The van der Waals surface area contributed by atoms with Gasteiger partial charge in [-0.2, -0.15) is 0 Å². The molecule has 312 valence electrons. The first-order chi connectivity index (χ1) is 29.2. The van der Waals surface area contributed by atoms with Gasteiger partial charge < -0.3 is 18.7 Å². The predicted octanol–water partition coefficient (Wildman–Crippen LogP) is 10.5. The molecular formula is C51H52FN3O4SSi. The standard InChI is InChI=1S/C51H52FN3O4SSi/c1-50(2,3)60(57)55-34-39-31-43(49(56)53-33-38-19-13-15-26-42(38)52)54-48(37-21-17-20-35(30-37)46-32-36-18-14-16-27-45(36)59-46)47(39)44(55)28-29-58-61(51(4,5)6,40-22-9-7-10-23-40)41-24-11-8-12-25-41/h7-27,30-32,44H,28-29,33-34H2,1-6H3,(H,53,56). The van der Waals surface area contributed by atoms with Gasteiger partial charge in [-0.1, -0.05) is 136 Å². The highest BCUT2D eigenvalue weighted by Crippen LogP contribution is 2.46. The molecule has 7 aromatic rings. The molecular weight excluding hydrogens is 798 g/mol. The maximum atomic E-state index is 14.6. The number of pyridine rings is 1. The summed E-state index contributed by atoms with van der Waals surface area (Å²) in [7, 11) is -2.90. The zero-order valence-corrected chi connectivity index (χ0v) is 37.4. The van der Waals surface area contributed by atoms with Gasteiger partial charge in [-0.05, 0) is 78.5 Å². The van der Waals surface area contributed by atoms with E-state index < -0.39 is 36.2 Å². The van der Waals surface area contributed by atoms with Crippen LogP contribution in [-0.4, -0.2) is 39.4 Å². The Hall–Kier alpha value is -5.36. The number of nitrogens with zero attached hydrogens (tertiary/aromatic N) is 2. The van der Waals surface area contributed by atoms with Gasteiger partial charge in [0, 0.05) is 52.2 Å². The Morgan fingerprint density at radius 3 is 2.13 bits per heavy atom. The molecule has 1 aliphatic heterocycles. The fraction of sp³-hybridized carbons (Fsp3) is 0.255.